The van der Waals surface area contributed by atoms with Gasteiger partial charge in [0.2, 0.25) is 0 Å². The molecular formula is C16H13BrF2O2. The summed E-state index contributed by atoms with van der Waals surface area (Å²) in [4.78, 5) is -0.209. The Kier molecular flexibility index (Phi) is 4.10. The van der Waals surface area contributed by atoms with Crippen LogP contribution in [0.5, 0.6) is 11.5 Å². The highest BCUT2D eigenvalue weighted by molar-refractivity contribution is 9.09. The first kappa shape index (κ1) is 14.3. The normalized spacial score (nSPS) is 14.8. The van der Waals surface area contributed by atoms with Crippen molar-refractivity contribution in [3.63, 3.8) is 0 Å². The Labute approximate surface area is 129 Å². The molecule has 0 aliphatic carbocycles. The Balaban J connectivity index is 1.84. The second kappa shape index (κ2) is 6.02. The zero-order valence-corrected chi connectivity index (χ0v) is 12.7. The first-order valence-electron chi connectivity index (χ1n) is 6.61. The highest BCUT2D eigenvalue weighted by atomic mass is 79.9. The molecule has 5 heteroatoms. The molecule has 1 atom stereocenters. The Morgan fingerprint density at radius 3 is 2.38 bits per heavy atom. The van der Waals surface area contributed by atoms with Gasteiger partial charge in [0.05, 0.1) is 0 Å². The van der Waals surface area contributed by atoms with E-state index in [1.807, 2.05) is 18.2 Å². The van der Waals surface area contributed by atoms with E-state index in [0.29, 0.717) is 24.7 Å². The first-order valence-corrected chi connectivity index (χ1v) is 7.53. The van der Waals surface area contributed by atoms with Crippen LogP contribution in [0.15, 0.2) is 36.4 Å². The van der Waals surface area contributed by atoms with Crippen LogP contribution in [0.1, 0.15) is 16.0 Å². The smallest absolute Gasteiger partial charge is 0.161 e. The van der Waals surface area contributed by atoms with Gasteiger partial charge in [-0.25, -0.2) is 8.78 Å². The summed E-state index contributed by atoms with van der Waals surface area (Å²) in [6.45, 7) is 1.04. The molecule has 1 heterocycles. The molecule has 2 aromatic rings. The van der Waals surface area contributed by atoms with Crippen molar-refractivity contribution in [3.05, 3.63) is 59.2 Å². The maximum atomic E-state index is 13.7. The van der Waals surface area contributed by atoms with E-state index >= 15 is 0 Å². The largest absolute Gasteiger partial charge is 0.486 e. The molecule has 110 valence electrons. The number of hydrogen-bond donors (Lipinski definition) is 0. The van der Waals surface area contributed by atoms with Gasteiger partial charge in [0, 0.05) is 10.4 Å². The van der Waals surface area contributed by atoms with Crippen LogP contribution >= 0.6 is 15.9 Å². The van der Waals surface area contributed by atoms with Gasteiger partial charge in [0.15, 0.2) is 11.5 Å². The van der Waals surface area contributed by atoms with Crippen LogP contribution in [-0.2, 0) is 6.42 Å². The summed E-state index contributed by atoms with van der Waals surface area (Å²) in [7, 11) is 0. The summed E-state index contributed by atoms with van der Waals surface area (Å²) in [5.74, 6) is 0.299. The zero-order valence-electron chi connectivity index (χ0n) is 11.1. The second-order valence-electron chi connectivity index (χ2n) is 4.77. The van der Waals surface area contributed by atoms with Gasteiger partial charge >= 0.3 is 0 Å². The lowest BCUT2D eigenvalue weighted by molar-refractivity contribution is 0.171. The minimum absolute atomic E-state index is 0.0780. The number of rotatable bonds is 3. The predicted octanol–water partition coefficient (Wildman–Crippen LogP) is 4.41. The second-order valence-corrected chi connectivity index (χ2v) is 5.88. The maximum absolute atomic E-state index is 13.7. The number of ether oxygens (including phenoxy) is 2. The minimum Gasteiger partial charge on any atom is -0.486 e. The lowest BCUT2D eigenvalue weighted by atomic mass is 10.0. The van der Waals surface area contributed by atoms with Crippen molar-refractivity contribution in [2.45, 2.75) is 11.2 Å². The Hall–Kier alpha value is -1.62. The fourth-order valence-electron chi connectivity index (χ4n) is 2.28. The topological polar surface area (TPSA) is 18.5 Å². The highest BCUT2D eigenvalue weighted by Gasteiger charge is 2.18. The van der Waals surface area contributed by atoms with Crippen LogP contribution in [-0.4, -0.2) is 13.2 Å². The quantitative estimate of drug-likeness (QED) is 0.760. The van der Waals surface area contributed by atoms with E-state index in [0.717, 1.165) is 5.56 Å². The molecule has 0 saturated carbocycles. The van der Waals surface area contributed by atoms with Crippen molar-refractivity contribution >= 4 is 15.9 Å². The van der Waals surface area contributed by atoms with E-state index in [4.69, 9.17) is 9.47 Å². The number of hydrogen-bond acceptors (Lipinski definition) is 2. The Morgan fingerprint density at radius 2 is 1.67 bits per heavy atom. The fourth-order valence-corrected chi connectivity index (χ4v) is 2.89. The summed E-state index contributed by atoms with van der Waals surface area (Å²) < 4.78 is 38.4. The molecule has 3 rings (SSSR count). The predicted molar refractivity (Wildman–Crippen MR) is 79.2 cm³/mol. The van der Waals surface area contributed by atoms with Crippen molar-refractivity contribution in [2.24, 2.45) is 0 Å². The summed E-state index contributed by atoms with van der Waals surface area (Å²) in [5.41, 5.74) is 0.969. The standard InChI is InChI=1S/C16H13BrF2O2/c17-12(9-11-13(18)2-1-3-14(11)19)10-4-5-15-16(8-10)21-7-6-20-15/h1-5,8,12H,6-7,9H2. The van der Waals surface area contributed by atoms with Crippen LogP contribution < -0.4 is 9.47 Å². The van der Waals surface area contributed by atoms with Crippen LogP contribution in [0.4, 0.5) is 8.78 Å². The van der Waals surface area contributed by atoms with Crippen LogP contribution in [0.2, 0.25) is 0 Å². The van der Waals surface area contributed by atoms with Crippen molar-refractivity contribution in [1.29, 1.82) is 0 Å². The summed E-state index contributed by atoms with van der Waals surface area (Å²) >= 11 is 3.49. The lowest BCUT2D eigenvalue weighted by Gasteiger charge is -2.20. The molecular weight excluding hydrogens is 342 g/mol. The lowest BCUT2D eigenvalue weighted by Crippen LogP contribution is -2.15. The molecule has 0 bridgehead atoms. The SMILES string of the molecule is Fc1cccc(F)c1CC(Br)c1ccc2c(c1)OCCO2. The van der Waals surface area contributed by atoms with Gasteiger partial charge in [0.25, 0.3) is 0 Å². The highest BCUT2D eigenvalue weighted by Crippen LogP contribution is 2.36. The van der Waals surface area contributed by atoms with E-state index in [9.17, 15) is 8.78 Å². The van der Waals surface area contributed by atoms with Crippen molar-refractivity contribution in [1.82, 2.24) is 0 Å². The molecule has 0 saturated heterocycles. The van der Waals surface area contributed by atoms with Crippen LogP contribution in [0.3, 0.4) is 0 Å². The molecule has 0 aromatic heterocycles. The number of fused-ring (bicyclic) bond motifs is 1. The van der Waals surface area contributed by atoms with Gasteiger partial charge in [-0.1, -0.05) is 28.1 Å². The monoisotopic (exact) mass is 354 g/mol. The van der Waals surface area contributed by atoms with E-state index in [-0.39, 0.29) is 16.8 Å². The van der Waals surface area contributed by atoms with Crippen molar-refractivity contribution in [2.75, 3.05) is 13.2 Å². The minimum atomic E-state index is -0.531. The van der Waals surface area contributed by atoms with Gasteiger partial charge in [-0.05, 0) is 36.2 Å². The third kappa shape index (κ3) is 3.02. The van der Waals surface area contributed by atoms with E-state index < -0.39 is 11.6 Å². The summed E-state index contributed by atoms with van der Waals surface area (Å²) in [6.07, 6.45) is 0.220. The van der Waals surface area contributed by atoms with Gasteiger partial charge in [-0.2, -0.15) is 0 Å². The Morgan fingerprint density at radius 1 is 1.00 bits per heavy atom. The van der Waals surface area contributed by atoms with E-state index in [2.05, 4.69) is 15.9 Å². The van der Waals surface area contributed by atoms with Gasteiger partial charge < -0.3 is 9.47 Å². The van der Waals surface area contributed by atoms with Gasteiger partial charge in [0.1, 0.15) is 24.8 Å². The average Bonchev–Trinajstić information content (AvgIpc) is 2.50. The molecule has 0 radical (unpaired) electrons. The molecule has 0 amide bonds. The molecule has 0 spiro atoms. The third-order valence-electron chi connectivity index (χ3n) is 3.37. The summed E-state index contributed by atoms with van der Waals surface area (Å²) in [6, 6.07) is 9.42. The Bertz CT molecular complexity index is 640. The number of alkyl halides is 1. The number of benzene rings is 2. The fraction of sp³-hybridized carbons (Fsp3) is 0.250. The van der Waals surface area contributed by atoms with Crippen molar-refractivity contribution in [3.8, 4) is 11.5 Å². The average molecular weight is 355 g/mol. The molecule has 1 aliphatic heterocycles. The molecule has 21 heavy (non-hydrogen) atoms. The summed E-state index contributed by atoms with van der Waals surface area (Å²) in [5, 5.41) is 0. The molecule has 0 fully saturated rings. The first-order chi connectivity index (χ1) is 10.1. The van der Waals surface area contributed by atoms with E-state index in [1.165, 1.54) is 18.2 Å². The third-order valence-corrected chi connectivity index (χ3v) is 4.23. The molecule has 0 N–H and O–H groups in total. The zero-order chi connectivity index (χ0) is 14.8. The van der Waals surface area contributed by atoms with Gasteiger partial charge in [-0.15, -0.1) is 0 Å². The number of halogens is 3. The van der Waals surface area contributed by atoms with Crippen LogP contribution in [0.25, 0.3) is 0 Å². The van der Waals surface area contributed by atoms with Gasteiger partial charge in [-0.3, -0.25) is 0 Å². The molecule has 1 aliphatic rings. The van der Waals surface area contributed by atoms with Crippen molar-refractivity contribution < 1.29 is 18.3 Å². The molecule has 1 unspecified atom stereocenters. The van der Waals surface area contributed by atoms with E-state index in [1.54, 1.807) is 0 Å². The molecule has 2 nitrogen and oxygen atoms in total. The maximum Gasteiger partial charge on any atom is 0.161 e. The molecule has 2 aromatic carbocycles. The van der Waals surface area contributed by atoms with Crippen LogP contribution in [0, 0.1) is 11.6 Å².